The summed E-state index contributed by atoms with van der Waals surface area (Å²) >= 11 is 0. The standard InChI is InChI=1S/C20H29NO5S/c1-3-25-18-11-10-15(12-19(18)26-4-2)20(22)21-13-17(14-21)27(23,24)16-8-6-5-7-9-16/h10-12,16-17H,3-9,13-14H2,1-2H3. The second-order valence-corrected chi connectivity index (χ2v) is 9.72. The second kappa shape index (κ2) is 8.50. The van der Waals surface area contributed by atoms with Gasteiger partial charge >= 0.3 is 0 Å². The van der Waals surface area contributed by atoms with Gasteiger partial charge in [-0.3, -0.25) is 4.79 Å². The maximum atomic E-state index is 12.8. The number of ether oxygens (including phenoxy) is 2. The van der Waals surface area contributed by atoms with Crippen molar-refractivity contribution in [3.63, 3.8) is 0 Å². The van der Waals surface area contributed by atoms with Crippen LogP contribution in [0.25, 0.3) is 0 Å². The molecule has 0 aromatic heterocycles. The van der Waals surface area contributed by atoms with Crippen LogP contribution in [0.3, 0.4) is 0 Å². The van der Waals surface area contributed by atoms with E-state index in [-0.39, 0.29) is 24.2 Å². The van der Waals surface area contributed by atoms with Gasteiger partial charge < -0.3 is 14.4 Å². The van der Waals surface area contributed by atoms with Gasteiger partial charge in [0.1, 0.15) is 0 Å². The minimum absolute atomic E-state index is 0.158. The van der Waals surface area contributed by atoms with Gasteiger partial charge in [-0.2, -0.15) is 0 Å². The molecule has 27 heavy (non-hydrogen) atoms. The third-order valence-electron chi connectivity index (χ3n) is 5.41. The van der Waals surface area contributed by atoms with Gasteiger partial charge in [-0.05, 0) is 44.9 Å². The van der Waals surface area contributed by atoms with Crippen LogP contribution in [-0.4, -0.2) is 56.0 Å². The molecule has 1 heterocycles. The number of likely N-dealkylation sites (tertiary alicyclic amines) is 1. The maximum Gasteiger partial charge on any atom is 0.254 e. The third kappa shape index (κ3) is 4.23. The molecular weight excluding hydrogens is 366 g/mol. The number of benzene rings is 1. The van der Waals surface area contributed by atoms with Gasteiger partial charge in [-0.25, -0.2) is 8.42 Å². The number of amides is 1. The quantitative estimate of drug-likeness (QED) is 0.709. The molecule has 150 valence electrons. The summed E-state index contributed by atoms with van der Waals surface area (Å²) in [5.41, 5.74) is 0.496. The summed E-state index contributed by atoms with van der Waals surface area (Å²) in [5, 5.41) is -0.637. The van der Waals surface area contributed by atoms with E-state index in [1.54, 1.807) is 23.1 Å². The molecule has 0 spiro atoms. The highest BCUT2D eigenvalue weighted by molar-refractivity contribution is 7.92. The van der Waals surface area contributed by atoms with Crippen molar-refractivity contribution in [1.82, 2.24) is 4.90 Å². The molecule has 1 aromatic rings. The molecule has 2 aliphatic rings. The monoisotopic (exact) mass is 395 g/mol. The topological polar surface area (TPSA) is 72.9 Å². The molecule has 0 bridgehead atoms. The Labute approximate surface area is 161 Å². The Hall–Kier alpha value is -1.76. The van der Waals surface area contributed by atoms with Crippen LogP contribution in [0, 0.1) is 0 Å². The fraction of sp³-hybridized carbons (Fsp3) is 0.650. The summed E-state index contributed by atoms with van der Waals surface area (Å²) in [7, 11) is -3.14. The number of nitrogens with zero attached hydrogens (tertiary/aromatic N) is 1. The number of hydrogen-bond acceptors (Lipinski definition) is 5. The average molecular weight is 396 g/mol. The Kier molecular flexibility index (Phi) is 6.29. The highest BCUT2D eigenvalue weighted by Gasteiger charge is 2.43. The molecule has 2 fully saturated rings. The lowest BCUT2D eigenvalue weighted by Crippen LogP contribution is -2.58. The lowest BCUT2D eigenvalue weighted by atomic mass is 10.0. The van der Waals surface area contributed by atoms with Crippen LogP contribution in [0.2, 0.25) is 0 Å². The van der Waals surface area contributed by atoms with Crippen molar-refractivity contribution >= 4 is 15.7 Å². The Morgan fingerprint density at radius 2 is 1.63 bits per heavy atom. The zero-order chi connectivity index (χ0) is 19.4. The molecule has 0 N–H and O–H groups in total. The molecular formula is C20H29NO5S. The molecule has 1 amide bonds. The third-order valence-corrected chi connectivity index (χ3v) is 8.04. The molecule has 1 aliphatic heterocycles. The first-order valence-corrected chi connectivity index (χ1v) is 11.5. The van der Waals surface area contributed by atoms with Crippen LogP contribution >= 0.6 is 0 Å². The summed E-state index contributed by atoms with van der Waals surface area (Å²) in [5.74, 6) is 0.989. The predicted octanol–water partition coefficient (Wildman–Crippen LogP) is 3.06. The van der Waals surface area contributed by atoms with E-state index in [1.807, 2.05) is 13.8 Å². The Morgan fingerprint density at radius 1 is 1.00 bits per heavy atom. The SMILES string of the molecule is CCOc1ccc(C(=O)N2CC(S(=O)(=O)C3CCCCC3)C2)cc1OCC. The van der Waals surface area contributed by atoms with Gasteiger partial charge in [0.2, 0.25) is 0 Å². The van der Waals surface area contributed by atoms with Crippen molar-refractivity contribution in [3.8, 4) is 11.5 Å². The molecule has 0 unspecified atom stereocenters. The van der Waals surface area contributed by atoms with E-state index in [9.17, 15) is 13.2 Å². The summed E-state index contributed by atoms with van der Waals surface area (Å²) in [4.78, 5) is 14.3. The second-order valence-electron chi connectivity index (χ2n) is 7.21. The molecule has 7 heteroatoms. The number of sulfone groups is 1. The zero-order valence-electron chi connectivity index (χ0n) is 16.1. The molecule has 1 saturated heterocycles. The molecule has 6 nitrogen and oxygen atoms in total. The fourth-order valence-electron chi connectivity index (χ4n) is 3.84. The van der Waals surface area contributed by atoms with Gasteiger partial charge in [0.25, 0.3) is 5.91 Å². The molecule has 1 saturated carbocycles. The Bertz CT molecular complexity index is 765. The zero-order valence-corrected chi connectivity index (χ0v) is 17.0. The predicted molar refractivity (Wildman–Crippen MR) is 104 cm³/mol. The van der Waals surface area contributed by atoms with E-state index in [1.165, 1.54) is 0 Å². The van der Waals surface area contributed by atoms with Gasteiger partial charge in [0, 0.05) is 18.7 Å². The van der Waals surface area contributed by atoms with E-state index in [0.717, 1.165) is 32.1 Å². The van der Waals surface area contributed by atoms with E-state index in [4.69, 9.17) is 9.47 Å². The lowest BCUT2D eigenvalue weighted by molar-refractivity contribution is 0.0657. The van der Waals surface area contributed by atoms with Crippen molar-refractivity contribution < 1.29 is 22.7 Å². The van der Waals surface area contributed by atoms with Crippen molar-refractivity contribution in [1.29, 1.82) is 0 Å². The van der Waals surface area contributed by atoms with Crippen LogP contribution in [0.4, 0.5) is 0 Å². The molecule has 0 radical (unpaired) electrons. The first-order chi connectivity index (χ1) is 13.0. The molecule has 3 rings (SSSR count). The Morgan fingerprint density at radius 3 is 2.26 bits per heavy atom. The first-order valence-electron chi connectivity index (χ1n) is 9.89. The number of carbonyl (C=O) groups excluding carboxylic acids is 1. The van der Waals surface area contributed by atoms with E-state index < -0.39 is 15.1 Å². The number of hydrogen-bond donors (Lipinski definition) is 0. The maximum absolute atomic E-state index is 12.8. The van der Waals surface area contributed by atoms with E-state index >= 15 is 0 Å². The summed E-state index contributed by atoms with van der Waals surface area (Å²) in [6, 6.07) is 5.12. The van der Waals surface area contributed by atoms with Crippen LogP contribution in [0.15, 0.2) is 18.2 Å². The smallest absolute Gasteiger partial charge is 0.254 e. The van der Waals surface area contributed by atoms with Crippen molar-refractivity contribution in [2.24, 2.45) is 0 Å². The molecule has 1 aliphatic carbocycles. The first kappa shape index (κ1) is 20.0. The summed E-state index contributed by atoms with van der Waals surface area (Å²) in [6.07, 6.45) is 4.64. The van der Waals surface area contributed by atoms with E-state index in [0.29, 0.717) is 30.3 Å². The van der Waals surface area contributed by atoms with Gasteiger partial charge in [0.15, 0.2) is 21.3 Å². The normalized spacial score (nSPS) is 18.8. The minimum Gasteiger partial charge on any atom is -0.490 e. The Balaban J connectivity index is 1.65. The van der Waals surface area contributed by atoms with Gasteiger partial charge in [-0.1, -0.05) is 19.3 Å². The lowest BCUT2D eigenvalue weighted by Gasteiger charge is -2.41. The minimum atomic E-state index is -3.14. The largest absolute Gasteiger partial charge is 0.490 e. The van der Waals surface area contributed by atoms with Gasteiger partial charge in [0.05, 0.1) is 23.7 Å². The van der Waals surface area contributed by atoms with Gasteiger partial charge in [-0.15, -0.1) is 0 Å². The number of carbonyl (C=O) groups is 1. The van der Waals surface area contributed by atoms with Crippen LogP contribution in [0.5, 0.6) is 11.5 Å². The van der Waals surface area contributed by atoms with Crippen LogP contribution in [-0.2, 0) is 9.84 Å². The molecule has 1 aromatic carbocycles. The van der Waals surface area contributed by atoms with Crippen molar-refractivity contribution in [2.75, 3.05) is 26.3 Å². The van der Waals surface area contributed by atoms with E-state index in [2.05, 4.69) is 0 Å². The fourth-order valence-corrected chi connectivity index (χ4v) is 6.15. The summed E-state index contributed by atoms with van der Waals surface area (Å²) < 4.78 is 36.6. The average Bonchev–Trinajstić information content (AvgIpc) is 2.63. The van der Waals surface area contributed by atoms with Crippen molar-refractivity contribution in [3.05, 3.63) is 23.8 Å². The van der Waals surface area contributed by atoms with Crippen molar-refractivity contribution in [2.45, 2.75) is 56.5 Å². The highest BCUT2D eigenvalue weighted by Crippen LogP contribution is 2.32. The summed E-state index contributed by atoms with van der Waals surface area (Å²) in [6.45, 7) is 5.33. The highest BCUT2D eigenvalue weighted by atomic mass is 32.2. The van der Waals surface area contributed by atoms with Crippen LogP contribution in [0.1, 0.15) is 56.3 Å². The molecule has 0 atom stereocenters. The number of rotatable bonds is 7. The van der Waals surface area contributed by atoms with Crippen LogP contribution < -0.4 is 9.47 Å².